The second kappa shape index (κ2) is 6.12. The van der Waals surface area contributed by atoms with E-state index in [0.717, 1.165) is 5.56 Å². The fourth-order valence-electron chi connectivity index (χ4n) is 2.38. The van der Waals surface area contributed by atoms with Crippen molar-refractivity contribution in [2.75, 3.05) is 26.3 Å². The van der Waals surface area contributed by atoms with E-state index >= 15 is 0 Å². The third kappa shape index (κ3) is 2.86. The molecule has 8 heteroatoms. The van der Waals surface area contributed by atoms with Crippen molar-refractivity contribution in [3.8, 4) is 17.5 Å². The molecule has 1 aromatic heterocycles. The molecule has 0 aliphatic carbocycles. The molecule has 1 aromatic carbocycles. The molecule has 1 saturated heterocycles. The maximum atomic E-state index is 12.7. The Bertz CT molecular complexity index is 861. The Labute approximate surface area is 134 Å². The third-order valence-corrected chi connectivity index (χ3v) is 5.41. The quantitative estimate of drug-likeness (QED) is 0.845. The van der Waals surface area contributed by atoms with Gasteiger partial charge in [-0.05, 0) is 18.6 Å². The Morgan fingerprint density at radius 2 is 1.96 bits per heavy atom. The van der Waals surface area contributed by atoms with Gasteiger partial charge in [0, 0.05) is 18.7 Å². The summed E-state index contributed by atoms with van der Waals surface area (Å²) in [5.41, 5.74) is 1.32. The lowest BCUT2D eigenvalue weighted by atomic mass is 10.1. The number of hydrogen-bond donors (Lipinski definition) is 0. The first kappa shape index (κ1) is 15.7. The summed E-state index contributed by atoms with van der Waals surface area (Å²) in [4.78, 5) is 4.06. The molecule has 3 rings (SSSR count). The van der Waals surface area contributed by atoms with Crippen molar-refractivity contribution in [1.82, 2.24) is 9.29 Å². The predicted molar refractivity (Wildman–Crippen MR) is 81.0 cm³/mol. The molecular formula is C15H15N3O4S. The van der Waals surface area contributed by atoms with E-state index in [1.165, 1.54) is 4.31 Å². The van der Waals surface area contributed by atoms with Crippen LogP contribution in [0.3, 0.4) is 0 Å². The first-order valence-corrected chi connectivity index (χ1v) is 8.53. The molecule has 0 N–H and O–H groups in total. The van der Waals surface area contributed by atoms with Gasteiger partial charge in [-0.2, -0.15) is 14.6 Å². The molecule has 2 aromatic rings. The number of sulfonamides is 1. The zero-order valence-electron chi connectivity index (χ0n) is 12.5. The Kier molecular flexibility index (Phi) is 4.17. The monoisotopic (exact) mass is 333 g/mol. The zero-order chi connectivity index (χ0) is 16.4. The van der Waals surface area contributed by atoms with E-state index in [4.69, 9.17) is 9.15 Å². The average Bonchev–Trinajstić information content (AvgIpc) is 3.01. The number of rotatable bonds is 3. The van der Waals surface area contributed by atoms with Crippen LogP contribution in [0.4, 0.5) is 0 Å². The Balaban J connectivity index is 2.07. The van der Waals surface area contributed by atoms with E-state index in [1.807, 2.05) is 25.1 Å². The third-order valence-electron chi connectivity index (χ3n) is 3.62. The molecular weight excluding hydrogens is 318 g/mol. The van der Waals surface area contributed by atoms with Crippen LogP contribution < -0.4 is 0 Å². The zero-order valence-corrected chi connectivity index (χ0v) is 13.3. The standard InChI is InChI=1S/C15H15N3O4S/c1-11-4-2-3-5-12(11)14-17-13(10-16)15(22-14)23(19,20)18-6-8-21-9-7-18/h2-5H,6-9H2,1H3. The van der Waals surface area contributed by atoms with E-state index in [9.17, 15) is 13.7 Å². The van der Waals surface area contributed by atoms with Crippen molar-refractivity contribution in [2.24, 2.45) is 0 Å². The average molecular weight is 333 g/mol. The number of hydrogen-bond acceptors (Lipinski definition) is 6. The van der Waals surface area contributed by atoms with Crippen molar-refractivity contribution in [2.45, 2.75) is 12.0 Å². The molecule has 0 radical (unpaired) electrons. The number of nitrogens with zero attached hydrogens (tertiary/aromatic N) is 3. The highest BCUT2D eigenvalue weighted by atomic mass is 32.2. The van der Waals surface area contributed by atoms with Gasteiger partial charge >= 0.3 is 0 Å². The summed E-state index contributed by atoms with van der Waals surface area (Å²) in [6.45, 7) is 2.96. The van der Waals surface area contributed by atoms with Crippen LogP contribution in [0.1, 0.15) is 11.3 Å². The van der Waals surface area contributed by atoms with Crippen molar-refractivity contribution < 1.29 is 17.6 Å². The van der Waals surface area contributed by atoms with Crippen LogP contribution in [0.15, 0.2) is 33.8 Å². The molecule has 23 heavy (non-hydrogen) atoms. The van der Waals surface area contributed by atoms with Gasteiger partial charge in [0.15, 0.2) is 5.69 Å². The van der Waals surface area contributed by atoms with Crippen LogP contribution >= 0.6 is 0 Å². The van der Waals surface area contributed by atoms with Gasteiger partial charge in [-0.25, -0.2) is 8.42 Å². The summed E-state index contributed by atoms with van der Waals surface area (Å²) in [6.07, 6.45) is 0. The van der Waals surface area contributed by atoms with Crippen LogP contribution in [0, 0.1) is 18.3 Å². The largest absolute Gasteiger partial charge is 0.422 e. The normalized spacial score (nSPS) is 16.2. The minimum atomic E-state index is -3.90. The highest BCUT2D eigenvalue weighted by molar-refractivity contribution is 7.89. The van der Waals surface area contributed by atoms with Crippen LogP contribution in [0.2, 0.25) is 0 Å². The van der Waals surface area contributed by atoms with Crippen LogP contribution in [-0.2, 0) is 14.8 Å². The molecule has 0 unspecified atom stereocenters. The van der Waals surface area contributed by atoms with Crippen molar-refractivity contribution in [3.05, 3.63) is 35.5 Å². The van der Waals surface area contributed by atoms with Crippen LogP contribution in [-0.4, -0.2) is 44.0 Å². The second-order valence-corrected chi connectivity index (χ2v) is 6.94. The van der Waals surface area contributed by atoms with Crippen molar-refractivity contribution in [3.63, 3.8) is 0 Å². The van der Waals surface area contributed by atoms with E-state index < -0.39 is 15.1 Å². The Hall–Kier alpha value is -2.21. The SMILES string of the molecule is Cc1ccccc1-c1nc(C#N)c(S(=O)(=O)N2CCOCC2)o1. The molecule has 0 spiro atoms. The molecule has 2 heterocycles. The number of ether oxygens (including phenoxy) is 1. The van der Waals surface area contributed by atoms with Gasteiger partial charge in [0.2, 0.25) is 5.89 Å². The summed E-state index contributed by atoms with van der Waals surface area (Å²) in [7, 11) is -3.90. The summed E-state index contributed by atoms with van der Waals surface area (Å²) >= 11 is 0. The minimum Gasteiger partial charge on any atom is -0.422 e. The fraction of sp³-hybridized carbons (Fsp3) is 0.333. The van der Waals surface area contributed by atoms with E-state index in [2.05, 4.69) is 4.98 Å². The van der Waals surface area contributed by atoms with Gasteiger partial charge in [-0.3, -0.25) is 0 Å². The van der Waals surface area contributed by atoms with Gasteiger partial charge in [0.25, 0.3) is 15.1 Å². The number of benzene rings is 1. The second-order valence-electron chi connectivity index (χ2n) is 5.10. The lowest BCUT2D eigenvalue weighted by Gasteiger charge is -2.24. The molecule has 0 amide bonds. The van der Waals surface area contributed by atoms with Gasteiger partial charge in [-0.1, -0.05) is 18.2 Å². The predicted octanol–water partition coefficient (Wildman–Crippen LogP) is 1.54. The minimum absolute atomic E-state index is 0.131. The summed E-state index contributed by atoms with van der Waals surface area (Å²) < 4.78 is 37.3. The van der Waals surface area contributed by atoms with Crippen molar-refractivity contribution in [1.29, 1.82) is 5.26 Å². The van der Waals surface area contributed by atoms with Crippen molar-refractivity contribution >= 4 is 10.0 Å². The van der Waals surface area contributed by atoms with E-state index in [0.29, 0.717) is 18.8 Å². The van der Waals surface area contributed by atoms with Crippen LogP contribution in [0.25, 0.3) is 11.5 Å². The first-order valence-electron chi connectivity index (χ1n) is 7.09. The van der Waals surface area contributed by atoms with Gasteiger partial charge in [0.05, 0.1) is 13.2 Å². The molecule has 1 aliphatic heterocycles. The number of aromatic nitrogens is 1. The molecule has 7 nitrogen and oxygen atoms in total. The molecule has 120 valence electrons. The summed E-state index contributed by atoms with van der Waals surface area (Å²) in [5, 5.41) is 8.83. The molecule has 1 fully saturated rings. The topological polar surface area (TPSA) is 96.4 Å². The van der Waals surface area contributed by atoms with E-state index in [1.54, 1.807) is 12.1 Å². The maximum absolute atomic E-state index is 12.7. The summed E-state index contributed by atoms with van der Waals surface area (Å²) in [6, 6.07) is 9.10. The number of oxazole rings is 1. The molecule has 0 bridgehead atoms. The summed E-state index contributed by atoms with van der Waals surface area (Å²) in [5.74, 6) is 0.131. The maximum Gasteiger partial charge on any atom is 0.279 e. The lowest BCUT2D eigenvalue weighted by Crippen LogP contribution is -2.40. The number of nitriles is 1. The van der Waals surface area contributed by atoms with Gasteiger partial charge in [-0.15, -0.1) is 0 Å². The van der Waals surface area contributed by atoms with E-state index in [-0.39, 0.29) is 24.7 Å². The fourth-order valence-corrected chi connectivity index (χ4v) is 3.77. The lowest BCUT2D eigenvalue weighted by molar-refractivity contribution is 0.0724. The first-order chi connectivity index (χ1) is 11.0. The Morgan fingerprint density at radius 3 is 2.61 bits per heavy atom. The molecule has 0 saturated carbocycles. The highest BCUT2D eigenvalue weighted by Crippen LogP contribution is 2.29. The molecule has 0 atom stereocenters. The Morgan fingerprint density at radius 1 is 1.26 bits per heavy atom. The smallest absolute Gasteiger partial charge is 0.279 e. The van der Waals surface area contributed by atoms with Gasteiger partial charge in [0.1, 0.15) is 6.07 Å². The van der Waals surface area contributed by atoms with Crippen LogP contribution in [0.5, 0.6) is 0 Å². The number of aryl methyl sites for hydroxylation is 1. The van der Waals surface area contributed by atoms with Gasteiger partial charge < -0.3 is 9.15 Å². The highest BCUT2D eigenvalue weighted by Gasteiger charge is 2.34. The molecule has 1 aliphatic rings. The number of morpholine rings is 1.